The first kappa shape index (κ1) is 9.01. The minimum absolute atomic E-state index is 0.334. The minimum atomic E-state index is 0.334. The molecule has 0 aromatic rings. The number of piperidine rings is 1. The van der Waals surface area contributed by atoms with E-state index in [1.54, 1.807) is 0 Å². The summed E-state index contributed by atoms with van der Waals surface area (Å²) in [7, 11) is 0. The monoisotopic (exact) mass is 156 g/mol. The van der Waals surface area contributed by atoms with Crippen molar-refractivity contribution in [2.45, 2.75) is 45.3 Å². The van der Waals surface area contributed by atoms with Gasteiger partial charge in [0.05, 0.1) is 12.1 Å². The maximum absolute atomic E-state index is 5.49. The topological polar surface area (TPSA) is 23.3 Å². The average Bonchev–Trinajstić information content (AvgIpc) is 2.07. The van der Waals surface area contributed by atoms with Crippen LogP contribution in [0.15, 0.2) is 0 Å². The Morgan fingerprint density at radius 2 is 2.36 bits per heavy atom. The molecule has 0 N–H and O–H groups in total. The lowest BCUT2D eigenvalue weighted by Crippen LogP contribution is -2.38. The highest BCUT2D eigenvalue weighted by Crippen LogP contribution is 2.13. The normalized spacial score (nSPS) is 28.4. The molecule has 2 heteroatoms. The molecule has 2 nitrogen and oxygen atoms in total. The van der Waals surface area contributed by atoms with E-state index < -0.39 is 0 Å². The lowest BCUT2D eigenvalue weighted by molar-refractivity contribution is 0.0390. The van der Waals surface area contributed by atoms with Crippen LogP contribution in [0.1, 0.15) is 33.1 Å². The predicted molar refractivity (Wildman–Crippen MR) is 45.7 cm³/mol. The second-order valence-corrected chi connectivity index (χ2v) is 3.13. The molecule has 11 heavy (non-hydrogen) atoms. The first-order valence-electron chi connectivity index (χ1n) is 4.62. The van der Waals surface area contributed by atoms with Gasteiger partial charge in [0.15, 0.2) is 0 Å². The third-order valence-corrected chi connectivity index (χ3v) is 2.24. The highest BCUT2D eigenvalue weighted by atomic mass is 16.5. The summed E-state index contributed by atoms with van der Waals surface area (Å²) in [6.45, 7) is 6.03. The Morgan fingerprint density at radius 1 is 1.55 bits per heavy atom. The van der Waals surface area contributed by atoms with Gasteiger partial charge < -0.3 is 4.74 Å². The van der Waals surface area contributed by atoms with Crippen molar-refractivity contribution < 1.29 is 4.74 Å². The Bertz CT molecular complexity index is 99.7. The van der Waals surface area contributed by atoms with Crippen LogP contribution in [0.2, 0.25) is 0 Å². The molecule has 1 radical (unpaired) electrons. The first-order valence-corrected chi connectivity index (χ1v) is 4.62. The average molecular weight is 156 g/mol. The largest absolute Gasteiger partial charge is 0.377 e. The van der Waals surface area contributed by atoms with Crippen LogP contribution in [-0.2, 0) is 4.74 Å². The summed E-state index contributed by atoms with van der Waals surface area (Å²) < 4.78 is 5.49. The summed E-state index contributed by atoms with van der Waals surface area (Å²) in [4.78, 5) is 0. The maximum Gasteiger partial charge on any atom is 0.0716 e. The quantitative estimate of drug-likeness (QED) is 0.608. The van der Waals surface area contributed by atoms with Gasteiger partial charge in [-0.15, -0.1) is 0 Å². The van der Waals surface area contributed by atoms with E-state index >= 15 is 0 Å². The molecular weight excluding hydrogens is 138 g/mol. The Balaban J connectivity index is 2.21. The van der Waals surface area contributed by atoms with E-state index in [-0.39, 0.29) is 0 Å². The van der Waals surface area contributed by atoms with Crippen LogP contribution < -0.4 is 5.32 Å². The van der Waals surface area contributed by atoms with Crippen molar-refractivity contribution in [3.8, 4) is 0 Å². The highest BCUT2D eigenvalue weighted by Gasteiger charge is 2.20. The smallest absolute Gasteiger partial charge is 0.0716 e. The Labute approximate surface area is 69.3 Å². The van der Waals surface area contributed by atoms with Gasteiger partial charge >= 0.3 is 0 Å². The molecule has 0 aromatic heterocycles. The Morgan fingerprint density at radius 3 is 2.91 bits per heavy atom. The molecule has 0 bridgehead atoms. The van der Waals surface area contributed by atoms with E-state index in [1.165, 1.54) is 19.3 Å². The summed E-state index contributed by atoms with van der Waals surface area (Å²) in [5, 5.41) is 4.52. The van der Waals surface area contributed by atoms with Crippen molar-refractivity contribution in [1.82, 2.24) is 5.32 Å². The molecule has 2 unspecified atom stereocenters. The van der Waals surface area contributed by atoms with Gasteiger partial charge in [0.1, 0.15) is 0 Å². The fraction of sp³-hybridized carbons (Fsp3) is 1.00. The summed E-state index contributed by atoms with van der Waals surface area (Å²) in [5.41, 5.74) is 0. The predicted octanol–water partition coefficient (Wildman–Crippen LogP) is 1.57. The zero-order valence-corrected chi connectivity index (χ0v) is 7.55. The summed E-state index contributed by atoms with van der Waals surface area (Å²) >= 11 is 0. The van der Waals surface area contributed by atoms with Crippen molar-refractivity contribution in [2.75, 3.05) is 13.2 Å². The number of hydrogen-bond acceptors (Lipinski definition) is 1. The van der Waals surface area contributed by atoms with E-state index in [1.807, 2.05) is 6.92 Å². The standard InChI is InChI=1S/C9H18NO/c1-3-11-8(2)9-6-4-5-7-10-9/h8-9H,3-7H2,1-2H3. The van der Waals surface area contributed by atoms with Crippen LogP contribution >= 0.6 is 0 Å². The molecule has 1 saturated heterocycles. The molecule has 1 aliphatic rings. The third-order valence-electron chi connectivity index (χ3n) is 2.24. The lowest BCUT2D eigenvalue weighted by Gasteiger charge is -2.26. The van der Waals surface area contributed by atoms with Gasteiger partial charge in [-0.05, 0) is 26.7 Å². The van der Waals surface area contributed by atoms with Crippen LogP contribution in [0.25, 0.3) is 0 Å². The van der Waals surface area contributed by atoms with Crippen molar-refractivity contribution in [2.24, 2.45) is 0 Å². The molecule has 1 heterocycles. The zero-order valence-electron chi connectivity index (χ0n) is 7.55. The molecule has 1 aliphatic heterocycles. The minimum Gasteiger partial charge on any atom is -0.377 e. The number of rotatable bonds is 3. The fourth-order valence-electron chi connectivity index (χ4n) is 1.57. The third kappa shape index (κ3) is 2.80. The fourth-order valence-corrected chi connectivity index (χ4v) is 1.57. The van der Waals surface area contributed by atoms with Crippen LogP contribution in [-0.4, -0.2) is 25.3 Å². The van der Waals surface area contributed by atoms with Gasteiger partial charge in [0.2, 0.25) is 0 Å². The summed E-state index contributed by atoms with van der Waals surface area (Å²) in [6, 6.07) is 0.476. The molecule has 0 saturated carbocycles. The van der Waals surface area contributed by atoms with Gasteiger partial charge in [-0.1, -0.05) is 6.42 Å². The van der Waals surface area contributed by atoms with Gasteiger partial charge in [-0.25, -0.2) is 5.32 Å². The molecular formula is C9H18NO. The van der Waals surface area contributed by atoms with Crippen molar-refractivity contribution >= 4 is 0 Å². The second-order valence-electron chi connectivity index (χ2n) is 3.13. The van der Waals surface area contributed by atoms with Crippen molar-refractivity contribution in [1.29, 1.82) is 0 Å². The summed E-state index contributed by atoms with van der Waals surface area (Å²) in [5.74, 6) is 0. The van der Waals surface area contributed by atoms with E-state index in [4.69, 9.17) is 4.74 Å². The SMILES string of the molecule is CCOC(C)C1CCCC[N]1. The number of nitrogens with zero attached hydrogens (tertiary/aromatic N) is 1. The zero-order chi connectivity index (χ0) is 8.10. The van der Waals surface area contributed by atoms with Gasteiger partial charge in [-0.2, -0.15) is 0 Å². The van der Waals surface area contributed by atoms with Gasteiger partial charge in [0, 0.05) is 13.2 Å². The van der Waals surface area contributed by atoms with E-state index in [0.717, 1.165) is 13.2 Å². The Kier molecular flexibility index (Phi) is 3.87. The summed E-state index contributed by atoms with van der Waals surface area (Å²) in [6.07, 6.45) is 4.16. The maximum atomic E-state index is 5.49. The lowest BCUT2D eigenvalue weighted by atomic mass is 10.0. The van der Waals surface area contributed by atoms with E-state index in [2.05, 4.69) is 12.2 Å². The van der Waals surface area contributed by atoms with Crippen LogP contribution in [0.3, 0.4) is 0 Å². The van der Waals surface area contributed by atoms with Crippen molar-refractivity contribution in [3.05, 3.63) is 0 Å². The van der Waals surface area contributed by atoms with Crippen LogP contribution in [0.4, 0.5) is 0 Å². The molecule has 0 amide bonds. The molecule has 1 rings (SSSR count). The molecule has 0 aliphatic carbocycles. The highest BCUT2D eigenvalue weighted by molar-refractivity contribution is 4.76. The van der Waals surface area contributed by atoms with Crippen LogP contribution in [0, 0.1) is 0 Å². The second kappa shape index (κ2) is 4.73. The van der Waals surface area contributed by atoms with Gasteiger partial charge in [-0.3, -0.25) is 0 Å². The van der Waals surface area contributed by atoms with E-state index in [9.17, 15) is 0 Å². The number of ether oxygens (including phenoxy) is 1. The van der Waals surface area contributed by atoms with Crippen LogP contribution in [0.5, 0.6) is 0 Å². The Hall–Kier alpha value is -0.0800. The molecule has 2 atom stereocenters. The molecule has 0 aromatic carbocycles. The van der Waals surface area contributed by atoms with Crippen molar-refractivity contribution in [3.63, 3.8) is 0 Å². The molecule has 0 spiro atoms. The van der Waals surface area contributed by atoms with E-state index in [0.29, 0.717) is 12.1 Å². The molecule has 1 fully saturated rings. The number of hydrogen-bond donors (Lipinski definition) is 0. The molecule has 65 valence electrons. The first-order chi connectivity index (χ1) is 5.34. The van der Waals surface area contributed by atoms with Gasteiger partial charge in [0.25, 0.3) is 0 Å².